The Bertz CT molecular complexity index is 820. The molecule has 134 valence electrons. The number of carbonyl (C=O) groups is 1. The highest BCUT2D eigenvalue weighted by molar-refractivity contribution is 5.77. The van der Waals surface area contributed by atoms with Gasteiger partial charge in [-0.05, 0) is 48.9 Å². The number of pyridine rings is 2. The first-order valence-electron chi connectivity index (χ1n) is 9.61. The van der Waals surface area contributed by atoms with Crippen molar-refractivity contribution in [1.29, 1.82) is 0 Å². The second-order valence-electron chi connectivity index (χ2n) is 8.08. The average molecular weight is 348 g/mol. The van der Waals surface area contributed by atoms with Crippen LogP contribution in [0.25, 0.3) is 0 Å². The van der Waals surface area contributed by atoms with E-state index in [1.54, 1.807) is 0 Å². The molecule has 1 spiro atoms. The Labute approximate surface area is 154 Å². The Balaban J connectivity index is 1.39. The van der Waals surface area contributed by atoms with Gasteiger partial charge in [0.1, 0.15) is 0 Å². The van der Waals surface area contributed by atoms with Crippen LogP contribution in [0.1, 0.15) is 36.9 Å². The Morgan fingerprint density at radius 2 is 2.08 bits per heavy atom. The summed E-state index contributed by atoms with van der Waals surface area (Å²) in [6.45, 7) is 3.44. The highest BCUT2D eigenvalue weighted by atomic mass is 16.2. The minimum Gasteiger partial charge on any atom is -0.365 e. The predicted molar refractivity (Wildman–Crippen MR) is 99.7 cm³/mol. The zero-order valence-electron chi connectivity index (χ0n) is 15.0. The van der Waals surface area contributed by atoms with Gasteiger partial charge in [-0.1, -0.05) is 6.07 Å². The molecule has 0 unspecified atom stereocenters. The second-order valence-corrected chi connectivity index (χ2v) is 8.08. The van der Waals surface area contributed by atoms with Crippen LogP contribution < -0.4 is 4.90 Å². The molecule has 0 aromatic carbocycles. The summed E-state index contributed by atoms with van der Waals surface area (Å²) < 4.78 is 0. The number of fused-ring (bicyclic) bond motifs is 2. The van der Waals surface area contributed by atoms with Crippen molar-refractivity contribution in [2.45, 2.75) is 37.6 Å². The summed E-state index contributed by atoms with van der Waals surface area (Å²) in [5.74, 6) is 0.989. The van der Waals surface area contributed by atoms with Crippen LogP contribution >= 0.6 is 0 Å². The summed E-state index contributed by atoms with van der Waals surface area (Å²) in [5.41, 5.74) is 3.58. The van der Waals surface area contributed by atoms with Crippen molar-refractivity contribution in [3.05, 3.63) is 54.1 Å². The first kappa shape index (κ1) is 15.8. The normalized spacial score (nSPS) is 24.3. The van der Waals surface area contributed by atoms with Gasteiger partial charge in [0.15, 0.2) is 0 Å². The van der Waals surface area contributed by atoms with E-state index in [1.807, 2.05) is 30.7 Å². The molecule has 5 nitrogen and oxygen atoms in total. The molecule has 5 rings (SSSR count). The van der Waals surface area contributed by atoms with Crippen molar-refractivity contribution in [3.63, 3.8) is 0 Å². The summed E-state index contributed by atoms with van der Waals surface area (Å²) >= 11 is 0. The van der Waals surface area contributed by atoms with E-state index in [9.17, 15) is 4.79 Å². The fourth-order valence-electron chi connectivity index (χ4n) is 4.54. The van der Waals surface area contributed by atoms with Crippen molar-refractivity contribution < 1.29 is 4.79 Å². The molecule has 2 fully saturated rings. The van der Waals surface area contributed by atoms with Gasteiger partial charge in [-0.3, -0.25) is 14.8 Å². The molecule has 1 saturated carbocycles. The van der Waals surface area contributed by atoms with Crippen LogP contribution in [0.2, 0.25) is 0 Å². The van der Waals surface area contributed by atoms with Gasteiger partial charge >= 0.3 is 0 Å². The van der Waals surface area contributed by atoms with Crippen molar-refractivity contribution in [2.24, 2.45) is 5.92 Å². The van der Waals surface area contributed by atoms with Crippen LogP contribution in [0, 0.1) is 5.92 Å². The molecule has 0 bridgehead atoms. The zero-order chi connectivity index (χ0) is 17.6. The van der Waals surface area contributed by atoms with Crippen LogP contribution in [0.15, 0.2) is 42.9 Å². The lowest BCUT2D eigenvalue weighted by molar-refractivity contribution is -0.130. The molecule has 5 heteroatoms. The van der Waals surface area contributed by atoms with E-state index < -0.39 is 0 Å². The molecule has 2 aromatic rings. The van der Waals surface area contributed by atoms with E-state index in [2.05, 4.69) is 26.9 Å². The number of amides is 1. The molecule has 1 amide bonds. The molecule has 2 aromatic heterocycles. The largest absolute Gasteiger partial charge is 0.365 e. The SMILES string of the molecule is O=C(CC1CC1)N1CC[C@@]2(C1)CN(Cc1cccnc1)c1cccnc12. The van der Waals surface area contributed by atoms with Gasteiger partial charge in [0.05, 0.1) is 16.8 Å². The number of nitrogens with zero attached hydrogens (tertiary/aromatic N) is 4. The van der Waals surface area contributed by atoms with Gasteiger partial charge < -0.3 is 9.80 Å². The minimum absolute atomic E-state index is 0.0159. The van der Waals surface area contributed by atoms with E-state index in [4.69, 9.17) is 4.98 Å². The molecule has 4 heterocycles. The van der Waals surface area contributed by atoms with Crippen molar-refractivity contribution in [2.75, 3.05) is 24.5 Å². The van der Waals surface area contributed by atoms with Crippen molar-refractivity contribution in [3.8, 4) is 0 Å². The number of aromatic nitrogens is 2. The molecule has 26 heavy (non-hydrogen) atoms. The number of carbonyl (C=O) groups excluding carboxylic acids is 1. The zero-order valence-corrected chi connectivity index (χ0v) is 15.0. The van der Waals surface area contributed by atoms with Crippen molar-refractivity contribution in [1.82, 2.24) is 14.9 Å². The molecule has 0 radical (unpaired) electrons. The van der Waals surface area contributed by atoms with Gasteiger partial charge in [0.25, 0.3) is 0 Å². The van der Waals surface area contributed by atoms with E-state index >= 15 is 0 Å². The third-order valence-electron chi connectivity index (χ3n) is 6.09. The van der Waals surface area contributed by atoms with E-state index in [0.29, 0.717) is 11.8 Å². The second kappa shape index (κ2) is 6.08. The molecule has 1 atom stereocenters. The van der Waals surface area contributed by atoms with Crippen molar-refractivity contribution >= 4 is 11.6 Å². The van der Waals surface area contributed by atoms with Gasteiger partial charge in [-0.15, -0.1) is 0 Å². The summed E-state index contributed by atoms with van der Waals surface area (Å²) in [6, 6.07) is 8.29. The number of likely N-dealkylation sites (tertiary alicyclic amines) is 1. The standard InChI is InChI=1S/C21H24N4O/c26-19(11-16-5-6-16)24-10-7-21(14-24)15-25(13-17-3-1-8-22-12-17)18-4-2-9-23-20(18)21/h1-4,8-9,12,16H,5-7,10-11,13-15H2/t21-/m1/s1. The van der Waals surface area contributed by atoms with Crippen LogP contribution in [-0.4, -0.2) is 40.4 Å². The number of hydrogen-bond donors (Lipinski definition) is 0. The van der Waals surface area contributed by atoms with Crippen LogP contribution in [0.5, 0.6) is 0 Å². The monoisotopic (exact) mass is 348 g/mol. The quantitative estimate of drug-likeness (QED) is 0.852. The van der Waals surface area contributed by atoms with E-state index in [1.165, 1.54) is 29.8 Å². The molecular formula is C21H24N4O. The molecule has 1 saturated heterocycles. The van der Waals surface area contributed by atoms with Gasteiger partial charge in [0.2, 0.25) is 5.91 Å². The lowest BCUT2D eigenvalue weighted by atomic mass is 9.85. The third-order valence-corrected chi connectivity index (χ3v) is 6.09. The Hall–Kier alpha value is -2.43. The highest BCUT2D eigenvalue weighted by Gasteiger charge is 2.49. The van der Waals surface area contributed by atoms with Gasteiger partial charge in [0, 0.05) is 51.2 Å². The van der Waals surface area contributed by atoms with Crippen LogP contribution in [-0.2, 0) is 16.8 Å². The molecule has 0 N–H and O–H groups in total. The average Bonchev–Trinajstić information content (AvgIpc) is 3.30. The highest BCUT2D eigenvalue weighted by Crippen LogP contribution is 2.46. The first-order valence-corrected chi connectivity index (χ1v) is 9.61. The van der Waals surface area contributed by atoms with Crippen LogP contribution in [0.3, 0.4) is 0 Å². The maximum absolute atomic E-state index is 12.6. The summed E-state index contributed by atoms with van der Waals surface area (Å²) in [4.78, 5) is 26.1. The maximum atomic E-state index is 12.6. The van der Waals surface area contributed by atoms with E-state index in [0.717, 1.165) is 39.0 Å². The fourth-order valence-corrected chi connectivity index (χ4v) is 4.54. The first-order chi connectivity index (χ1) is 12.7. The molecule has 3 aliphatic rings. The van der Waals surface area contributed by atoms with Crippen LogP contribution in [0.4, 0.5) is 5.69 Å². The lowest BCUT2D eigenvalue weighted by Crippen LogP contribution is -2.38. The predicted octanol–water partition coefficient (Wildman–Crippen LogP) is 2.77. The topological polar surface area (TPSA) is 49.3 Å². The minimum atomic E-state index is -0.0159. The Kier molecular flexibility index (Phi) is 3.69. The number of rotatable bonds is 4. The number of anilines is 1. The fraction of sp³-hybridized carbons (Fsp3) is 0.476. The van der Waals surface area contributed by atoms with E-state index in [-0.39, 0.29) is 5.41 Å². The molecule has 2 aliphatic heterocycles. The Morgan fingerprint density at radius 1 is 1.19 bits per heavy atom. The lowest BCUT2D eigenvalue weighted by Gasteiger charge is -2.26. The summed E-state index contributed by atoms with van der Waals surface area (Å²) in [5, 5.41) is 0. The summed E-state index contributed by atoms with van der Waals surface area (Å²) in [6.07, 6.45) is 9.85. The molecule has 1 aliphatic carbocycles. The number of hydrogen-bond acceptors (Lipinski definition) is 4. The third kappa shape index (κ3) is 2.75. The van der Waals surface area contributed by atoms with Gasteiger partial charge in [-0.2, -0.15) is 0 Å². The summed E-state index contributed by atoms with van der Waals surface area (Å²) in [7, 11) is 0. The maximum Gasteiger partial charge on any atom is 0.222 e. The smallest absolute Gasteiger partial charge is 0.222 e. The van der Waals surface area contributed by atoms with Gasteiger partial charge in [-0.25, -0.2) is 0 Å². The molecular weight excluding hydrogens is 324 g/mol. The Morgan fingerprint density at radius 3 is 2.88 bits per heavy atom.